The number of benzene rings is 3. The van der Waals surface area contributed by atoms with Crippen molar-refractivity contribution in [3.05, 3.63) is 78.4 Å². The van der Waals surface area contributed by atoms with E-state index in [0.29, 0.717) is 34.0 Å². The summed E-state index contributed by atoms with van der Waals surface area (Å²) in [6.07, 6.45) is 0. The Balaban J connectivity index is 1.89. The summed E-state index contributed by atoms with van der Waals surface area (Å²) in [6, 6.07) is 20.2. The summed E-state index contributed by atoms with van der Waals surface area (Å²) < 4.78 is 6.28. The van der Waals surface area contributed by atoms with Gasteiger partial charge in [-0.05, 0) is 48.5 Å². The van der Waals surface area contributed by atoms with Crippen LogP contribution in [0.5, 0.6) is 11.5 Å². The van der Waals surface area contributed by atoms with Crippen molar-refractivity contribution in [2.75, 3.05) is 7.11 Å². The van der Waals surface area contributed by atoms with Crippen LogP contribution in [0.25, 0.3) is 28.5 Å². The lowest BCUT2D eigenvalue weighted by Gasteiger charge is -2.08. The third-order valence-corrected chi connectivity index (χ3v) is 4.43. The lowest BCUT2D eigenvalue weighted by molar-refractivity contribution is 0.0600. The summed E-state index contributed by atoms with van der Waals surface area (Å²) in [7, 11) is 1.32. The molecule has 0 atom stereocenters. The normalized spacial score (nSPS) is 10.7. The van der Waals surface area contributed by atoms with Gasteiger partial charge in [0.1, 0.15) is 11.5 Å². The molecule has 0 aliphatic carbocycles. The number of ether oxygens (including phenoxy) is 1. The van der Waals surface area contributed by atoms with E-state index in [9.17, 15) is 15.0 Å². The molecule has 0 saturated carbocycles. The number of phenolic OH excluding ortho intramolecular Hbond substituents is 2. The third-order valence-electron chi connectivity index (χ3n) is 4.43. The highest BCUT2D eigenvalue weighted by molar-refractivity contribution is 5.89. The topological polar surface area (TPSA) is 97.5 Å². The van der Waals surface area contributed by atoms with Gasteiger partial charge in [-0.25, -0.2) is 14.5 Å². The first kappa shape index (κ1) is 18.2. The van der Waals surface area contributed by atoms with Crippen molar-refractivity contribution in [3.8, 4) is 40.0 Å². The zero-order valence-electron chi connectivity index (χ0n) is 15.5. The third kappa shape index (κ3) is 3.41. The standard InChI is InChI=1S/C22H17N3O4/c1-29-22(28)14-10-12-15(13-11-14)25-21(17-7-3-5-9-19(17)27)23-20(24-25)16-6-2-4-8-18(16)26/h2-13,26-27H,1H3. The Labute approximate surface area is 166 Å². The fourth-order valence-electron chi connectivity index (χ4n) is 2.96. The van der Waals surface area contributed by atoms with Crippen molar-refractivity contribution in [2.24, 2.45) is 0 Å². The number of phenols is 2. The minimum atomic E-state index is -0.439. The van der Waals surface area contributed by atoms with Gasteiger partial charge in [-0.1, -0.05) is 24.3 Å². The van der Waals surface area contributed by atoms with E-state index in [4.69, 9.17) is 4.74 Å². The van der Waals surface area contributed by atoms with E-state index in [1.165, 1.54) is 7.11 Å². The molecular weight excluding hydrogens is 370 g/mol. The summed E-state index contributed by atoms with van der Waals surface area (Å²) >= 11 is 0. The molecule has 29 heavy (non-hydrogen) atoms. The van der Waals surface area contributed by atoms with Gasteiger partial charge in [0.2, 0.25) is 0 Å². The number of hydrogen-bond acceptors (Lipinski definition) is 6. The van der Waals surface area contributed by atoms with Crippen LogP contribution in [0.4, 0.5) is 0 Å². The van der Waals surface area contributed by atoms with E-state index in [-0.39, 0.29) is 11.5 Å². The molecule has 0 bridgehead atoms. The van der Waals surface area contributed by atoms with Gasteiger partial charge in [-0.3, -0.25) is 0 Å². The molecule has 0 aliphatic rings. The van der Waals surface area contributed by atoms with Crippen molar-refractivity contribution in [1.29, 1.82) is 0 Å². The lowest BCUT2D eigenvalue weighted by atomic mass is 10.1. The first-order valence-corrected chi connectivity index (χ1v) is 8.81. The van der Waals surface area contributed by atoms with Gasteiger partial charge in [0.15, 0.2) is 11.6 Å². The number of nitrogens with zero attached hydrogens (tertiary/aromatic N) is 3. The van der Waals surface area contributed by atoms with Crippen molar-refractivity contribution in [1.82, 2.24) is 14.8 Å². The number of methoxy groups -OCH3 is 1. The van der Waals surface area contributed by atoms with Crippen LogP contribution in [-0.4, -0.2) is 38.1 Å². The van der Waals surface area contributed by atoms with Crippen LogP contribution in [0.3, 0.4) is 0 Å². The number of esters is 1. The van der Waals surface area contributed by atoms with Gasteiger partial charge in [0.25, 0.3) is 0 Å². The average Bonchev–Trinajstić information content (AvgIpc) is 3.19. The molecule has 0 amide bonds. The average molecular weight is 387 g/mol. The number of aromatic hydroxyl groups is 2. The molecule has 4 aromatic rings. The second kappa shape index (κ2) is 7.47. The summed E-state index contributed by atoms with van der Waals surface area (Å²) in [5.41, 5.74) is 1.99. The molecular formula is C22H17N3O4. The predicted octanol–water partition coefficient (Wildman–Crippen LogP) is 3.80. The molecule has 1 aromatic heterocycles. The first-order chi connectivity index (χ1) is 14.1. The van der Waals surface area contributed by atoms with Crippen LogP contribution in [0.15, 0.2) is 72.8 Å². The Hall–Kier alpha value is -4.13. The highest BCUT2D eigenvalue weighted by Gasteiger charge is 2.19. The molecule has 2 N–H and O–H groups in total. The molecule has 7 heteroatoms. The van der Waals surface area contributed by atoms with Crippen LogP contribution in [0, 0.1) is 0 Å². The zero-order chi connectivity index (χ0) is 20.4. The van der Waals surface area contributed by atoms with Crippen LogP contribution in [-0.2, 0) is 4.74 Å². The van der Waals surface area contributed by atoms with Crippen molar-refractivity contribution >= 4 is 5.97 Å². The molecule has 4 rings (SSSR count). The van der Waals surface area contributed by atoms with Crippen LogP contribution < -0.4 is 0 Å². The van der Waals surface area contributed by atoms with Gasteiger partial charge in [0, 0.05) is 0 Å². The molecule has 3 aromatic carbocycles. The Morgan fingerprint density at radius 1 is 0.862 bits per heavy atom. The SMILES string of the molecule is COC(=O)c1ccc(-n2nc(-c3ccccc3O)nc2-c2ccccc2O)cc1. The number of carbonyl (C=O) groups is 1. The van der Waals surface area contributed by atoms with E-state index in [2.05, 4.69) is 10.1 Å². The smallest absolute Gasteiger partial charge is 0.337 e. The highest BCUT2D eigenvalue weighted by Crippen LogP contribution is 2.33. The predicted molar refractivity (Wildman–Crippen MR) is 107 cm³/mol. The molecule has 144 valence electrons. The van der Waals surface area contributed by atoms with Crippen molar-refractivity contribution in [2.45, 2.75) is 0 Å². The Morgan fingerprint density at radius 2 is 1.45 bits per heavy atom. The van der Waals surface area contributed by atoms with Crippen molar-refractivity contribution < 1.29 is 19.7 Å². The molecule has 0 aliphatic heterocycles. The van der Waals surface area contributed by atoms with E-state index >= 15 is 0 Å². The van der Waals surface area contributed by atoms with E-state index in [1.807, 2.05) is 0 Å². The van der Waals surface area contributed by atoms with E-state index in [1.54, 1.807) is 77.5 Å². The maximum atomic E-state index is 11.7. The number of aromatic nitrogens is 3. The summed E-state index contributed by atoms with van der Waals surface area (Å²) in [5, 5.41) is 25.1. The maximum absolute atomic E-state index is 11.7. The van der Waals surface area contributed by atoms with Crippen LogP contribution in [0.1, 0.15) is 10.4 Å². The van der Waals surface area contributed by atoms with Gasteiger partial charge in [-0.2, -0.15) is 0 Å². The van der Waals surface area contributed by atoms with Gasteiger partial charge < -0.3 is 14.9 Å². The minimum absolute atomic E-state index is 0.0505. The second-order valence-electron chi connectivity index (χ2n) is 6.24. The lowest BCUT2D eigenvalue weighted by Crippen LogP contribution is -2.03. The Bertz CT molecular complexity index is 1180. The second-order valence-corrected chi connectivity index (χ2v) is 6.24. The number of para-hydroxylation sites is 2. The number of carbonyl (C=O) groups excluding carboxylic acids is 1. The fraction of sp³-hybridized carbons (Fsp3) is 0.0455. The highest BCUT2D eigenvalue weighted by atomic mass is 16.5. The van der Waals surface area contributed by atoms with E-state index < -0.39 is 5.97 Å². The van der Waals surface area contributed by atoms with Gasteiger partial charge >= 0.3 is 5.97 Å². The molecule has 0 saturated heterocycles. The summed E-state index contributed by atoms with van der Waals surface area (Å²) in [4.78, 5) is 16.3. The molecule has 7 nitrogen and oxygen atoms in total. The quantitative estimate of drug-likeness (QED) is 0.517. The molecule has 1 heterocycles. The Morgan fingerprint density at radius 3 is 2.03 bits per heavy atom. The molecule has 0 radical (unpaired) electrons. The number of rotatable bonds is 4. The monoisotopic (exact) mass is 387 g/mol. The summed E-state index contributed by atoms with van der Waals surface area (Å²) in [6.45, 7) is 0. The Kier molecular flexibility index (Phi) is 4.70. The summed E-state index contributed by atoms with van der Waals surface area (Å²) in [5.74, 6) is 0.363. The molecule has 0 spiro atoms. The van der Waals surface area contributed by atoms with Crippen molar-refractivity contribution in [3.63, 3.8) is 0 Å². The van der Waals surface area contributed by atoms with Crippen LogP contribution >= 0.6 is 0 Å². The molecule has 0 unspecified atom stereocenters. The van der Waals surface area contributed by atoms with Gasteiger partial charge in [-0.15, -0.1) is 5.10 Å². The zero-order valence-corrected chi connectivity index (χ0v) is 15.5. The van der Waals surface area contributed by atoms with Crippen LogP contribution in [0.2, 0.25) is 0 Å². The first-order valence-electron chi connectivity index (χ1n) is 8.81. The molecule has 0 fully saturated rings. The maximum Gasteiger partial charge on any atom is 0.337 e. The van der Waals surface area contributed by atoms with E-state index in [0.717, 1.165) is 0 Å². The minimum Gasteiger partial charge on any atom is -0.507 e. The fourth-order valence-corrected chi connectivity index (χ4v) is 2.96. The largest absolute Gasteiger partial charge is 0.507 e. The number of hydrogen-bond donors (Lipinski definition) is 2. The van der Waals surface area contributed by atoms with Gasteiger partial charge in [0.05, 0.1) is 29.5 Å².